The molecule has 0 heterocycles. The van der Waals surface area contributed by atoms with Crippen molar-refractivity contribution in [2.24, 2.45) is 5.73 Å². The second kappa shape index (κ2) is 16.3. The molecule has 0 spiro atoms. The number of rotatable bonds is 17. The molecule has 0 aliphatic rings. The van der Waals surface area contributed by atoms with Crippen LogP contribution < -0.4 is 15.8 Å². The predicted octanol–water partition coefficient (Wildman–Crippen LogP) is 4.34. The number of benzene rings is 1. The Morgan fingerprint density at radius 2 is 1.43 bits per heavy atom. The first-order valence-electron chi connectivity index (χ1n) is 10.9. The van der Waals surface area contributed by atoms with Crippen molar-refractivity contribution >= 4 is 23.5 Å². The molecule has 1 aromatic rings. The van der Waals surface area contributed by atoms with E-state index in [0.717, 1.165) is 51.4 Å². The monoisotopic (exact) mass is 420 g/mol. The maximum Gasteiger partial charge on any atom is 0.305 e. The van der Waals surface area contributed by atoms with E-state index in [0.29, 0.717) is 37.3 Å². The Labute approximate surface area is 179 Å². The van der Waals surface area contributed by atoms with Gasteiger partial charge in [0.1, 0.15) is 5.75 Å². The molecule has 0 atom stereocenters. The van der Waals surface area contributed by atoms with Crippen molar-refractivity contribution in [2.75, 3.05) is 19.0 Å². The molecule has 3 N–H and O–H groups in total. The third-order valence-electron chi connectivity index (χ3n) is 4.75. The maximum atomic E-state index is 12.2. The van der Waals surface area contributed by atoms with Gasteiger partial charge in [0.2, 0.25) is 11.8 Å². The van der Waals surface area contributed by atoms with Crippen molar-refractivity contribution in [1.82, 2.24) is 0 Å². The zero-order chi connectivity index (χ0) is 22.0. The van der Waals surface area contributed by atoms with Gasteiger partial charge in [0, 0.05) is 19.3 Å². The van der Waals surface area contributed by atoms with E-state index in [1.165, 1.54) is 7.11 Å². The zero-order valence-corrected chi connectivity index (χ0v) is 18.1. The van der Waals surface area contributed by atoms with Gasteiger partial charge in [-0.2, -0.15) is 0 Å². The molecule has 0 aliphatic heterocycles. The van der Waals surface area contributed by atoms with Crippen LogP contribution in [-0.4, -0.2) is 31.5 Å². The summed E-state index contributed by atoms with van der Waals surface area (Å²) in [5.41, 5.74) is 5.77. The summed E-state index contributed by atoms with van der Waals surface area (Å²) in [7, 11) is 1.42. The summed E-state index contributed by atoms with van der Waals surface area (Å²) >= 11 is 0. The van der Waals surface area contributed by atoms with Crippen LogP contribution in [0.25, 0.3) is 0 Å². The Hall–Kier alpha value is -2.57. The summed E-state index contributed by atoms with van der Waals surface area (Å²) in [5, 5.41) is 2.91. The number of ether oxygens (including phenoxy) is 2. The second-order valence-electron chi connectivity index (χ2n) is 7.37. The van der Waals surface area contributed by atoms with Gasteiger partial charge >= 0.3 is 5.97 Å². The number of nitrogens with one attached hydrogen (secondary N) is 1. The molecular formula is C23H36N2O5. The smallest absolute Gasteiger partial charge is 0.305 e. The first-order chi connectivity index (χ1) is 14.5. The van der Waals surface area contributed by atoms with E-state index < -0.39 is 0 Å². The molecular weight excluding hydrogens is 384 g/mol. The number of unbranched alkanes of at least 4 members (excludes halogenated alkanes) is 7. The van der Waals surface area contributed by atoms with E-state index in [1.54, 1.807) is 6.07 Å². The second-order valence-corrected chi connectivity index (χ2v) is 7.37. The van der Waals surface area contributed by atoms with Crippen molar-refractivity contribution < 1.29 is 23.9 Å². The Morgan fingerprint density at radius 1 is 0.833 bits per heavy atom. The van der Waals surface area contributed by atoms with E-state index >= 15 is 0 Å². The van der Waals surface area contributed by atoms with E-state index in [4.69, 9.17) is 10.5 Å². The minimum atomic E-state index is -0.348. The Balaban J connectivity index is 2.11. The average molecular weight is 421 g/mol. The molecule has 0 aliphatic carbocycles. The maximum absolute atomic E-state index is 12.2. The van der Waals surface area contributed by atoms with Crippen molar-refractivity contribution in [2.45, 2.75) is 77.0 Å². The Kier molecular flexibility index (Phi) is 13.8. The van der Waals surface area contributed by atoms with E-state index in [2.05, 4.69) is 10.1 Å². The average Bonchev–Trinajstić information content (AvgIpc) is 2.73. The predicted molar refractivity (Wildman–Crippen MR) is 117 cm³/mol. The van der Waals surface area contributed by atoms with E-state index in [-0.39, 0.29) is 24.2 Å². The van der Waals surface area contributed by atoms with Crippen LogP contribution in [0.2, 0.25) is 0 Å². The number of esters is 1. The fourth-order valence-corrected chi connectivity index (χ4v) is 3.05. The van der Waals surface area contributed by atoms with Gasteiger partial charge in [0.15, 0.2) is 0 Å². The third kappa shape index (κ3) is 12.8. The van der Waals surface area contributed by atoms with Gasteiger partial charge in [-0.05, 0) is 31.4 Å². The number of primary amides is 1. The molecule has 168 valence electrons. The first-order valence-corrected chi connectivity index (χ1v) is 10.9. The molecule has 0 unspecified atom stereocenters. The van der Waals surface area contributed by atoms with Crippen LogP contribution >= 0.6 is 0 Å². The van der Waals surface area contributed by atoms with Crippen LogP contribution in [0.15, 0.2) is 24.3 Å². The summed E-state index contributed by atoms with van der Waals surface area (Å²) in [4.78, 5) is 34.0. The molecule has 1 rings (SSSR count). The topological polar surface area (TPSA) is 108 Å². The fourth-order valence-electron chi connectivity index (χ4n) is 3.05. The van der Waals surface area contributed by atoms with Crippen LogP contribution in [-0.2, 0) is 19.1 Å². The third-order valence-corrected chi connectivity index (χ3v) is 4.75. The highest BCUT2D eigenvalue weighted by molar-refractivity contribution is 5.92. The van der Waals surface area contributed by atoms with Crippen LogP contribution in [0, 0.1) is 0 Å². The van der Waals surface area contributed by atoms with Gasteiger partial charge in [-0.25, -0.2) is 0 Å². The van der Waals surface area contributed by atoms with E-state index in [9.17, 15) is 14.4 Å². The molecule has 0 saturated carbocycles. The highest BCUT2D eigenvalue weighted by atomic mass is 16.5. The Bertz CT molecular complexity index is 648. The summed E-state index contributed by atoms with van der Waals surface area (Å²) < 4.78 is 10.3. The minimum Gasteiger partial charge on any atom is -0.491 e. The van der Waals surface area contributed by atoms with Crippen molar-refractivity contribution in [3.05, 3.63) is 24.3 Å². The zero-order valence-electron chi connectivity index (χ0n) is 18.1. The molecule has 7 nitrogen and oxygen atoms in total. The number of anilines is 1. The minimum absolute atomic E-state index is 0.0222. The van der Waals surface area contributed by atoms with Crippen LogP contribution in [0.5, 0.6) is 5.75 Å². The molecule has 1 aromatic carbocycles. The molecule has 7 heteroatoms. The summed E-state index contributed by atoms with van der Waals surface area (Å²) in [6, 6.07) is 7.29. The summed E-state index contributed by atoms with van der Waals surface area (Å²) in [5.74, 6) is 0.0952. The normalized spacial score (nSPS) is 10.4. The van der Waals surface area contributed by atoms with Gasteiger partial charge in [-0.1, -0.05) is 50.7 Å². The van der Waals surface area contributed by atoms with Gasteiger partial charge in [0.05, 0.1) is 19.4 Å². The largest absolute Gasteiger partial charge is 0.491 e. The van der Waals surface area contributed by atoms with Gasteiger partial charge in [0.25, 0.3) is 0 Å². The fraction of sp³-hybridized carbons (Fsp3) is 0.609. The lowest BCUT2D eigenvalue weighted by atomic mass is 10.1. The van der Waals surface area contributed by atoms with Gasteiger partial charge in [-0.15, -0.1) is 0 Å². The van der Waals surface area contributed by atoms with Crippen molar-refractivity contribution in [1.29, 1.82) is 0 Å². The number of hydrogen-bond donors (Lipinski definition) is 2. The number of amides is 2. The number of methoxy groups -OCH3 is 1. The van der Waals surface area contributed by atoms with Gasteiger partial charge in [-0.3, -0.25) is 14.4 Å². The number of carbonyl (C=O) groups excluding carboxylic acids is 3. The Morgan fingerprint density at radius 3 is 2.07 bits per heavy atom. The molecule has 0 fully saturated rings. The lowest BCUT2D eigenvalue weighted by Gasteiger charge is -2.12. The number of para-hydroxylation sites is 2. The van der Waals surface area contributed by atoms with Crippen LogP contribution in [0.3, 0.4) is 0 Å². The SMILES string of the molecule is COC(=O)CCCCCCCCCCC(=O)Nc1ccccc1OCCCC(N)=O. The molecule has 0 radical (unpaired) electrons. The lowest BCUT2D eigenvalue weighted by molar-refractivity contribution is -0.140. The van der Waals surface area contributed by atoms with Gasteiger partial charge < -0.3 is 20.5 Å². The van der Waals surface area contributed by atoms with Crippen molar-refractivity contribution in [3.63, 3.8) is 0 Å². The molecule has 0 aromatic heterocycles. The lowest BCUT2D eigenvalue weighted by Crippen LogP contribution is -2.14. The molecule has 0 bridgehead atoms. The highest BCUT2D eigenvalue weighted by Gasteiger charge is 2.08. The summed E-state index contributed by atoms with van der Waals surface area (Å²) in [6.45, 7) is 0.374. The number of hydrogen-bond acceptors (Lipinski definition) is 5. The summed E-state index contributed by atoms with van der Waals surface area (Å²) in [6.07, 6.45) is 10.2. The quantitative estimate of drug-likeness (QED) is 0.288. The van der Waals surface area contributed by atoms with E-state index in [1.807, 2.05) is 18.2 Å². The molecule has 30 heavy (non-hydrogen) atoms. The highest BCUT2D eigenvalue weighted by Crippen LogP contribution is 2.24. The van der Waals surface area contributed by atoms with Crippen LogP contribution in [0.4, 0.5) is 5.69 Å². The van der Waals surface area contributed by atoms with Crippen LogP contribution in [0.1, 0.15) is 77.0 Å². The number of nitrogens with two attached hydrogens (primary N) is 1. The molecule has 2 amide bonds. The number of carbonyl (C=O) groups is 3. The first kappa shape index (κ1) is 25.5. The molecule has 0 saturated heterocycles. The van der Waals surface area contributed by atoms with Crippen molar-refractivity contribution in [3.8, 4) is 5.75 Å². The standard InChI is InChI=1S/C23H36N2O5/c1-29-23(28)17-9-7-5-3-2-4-6-8-16-22(27)25-19-13-10-11-14-20(19)30-18-12-15-21(24)26/h10-11,13-14H,2-9,12,15-18H2,1H3,(H2,24,26)(H,25,27).